The Hall–Kier alpha value is -3.19. The first kappa shape index (κ1) is 20.1. The first-order chi connectivity index (χ1) is 14.4. The topological polar surface area (TPSA) is 77.0 Å². The van der Waals surface area contributed by atoms with Crippen molar-refractivity contribution in [1.82, 2.24) is 14.5 Å². The summed E-state index contributed by atoms with van der Waals surface area (Å²) in [4.78, 5) is 33.7. The highest BCUT2D eigenvalue weighted by Crippen LogP contribution is 2.30. The van der Waals surface area contributed by atoms with Crippen LogP contribution < -0.4 is 15.7 Å². The standard InChI is InChI=1S/C23H23N3O3S/c1-14(2)11-29-20-9-24-17(8-19(20)27)10-26-13-25-22-21(23(26)28)18(12-30-22)16-6-4-15(3)5-7-16/h4-9,12-14H,10-11H2,1-3H3,(H,24,27). The molecule has 0 fully saturated rings. The molecule has 7 heteroatoms. The van der Waals surface area contributed by atoms with E-state index >= 15 is 0 Å². The highest BCUT2D eigenvalue weighted by Gasteiger charge is 2.14. The summed E-state index contributed by atoms with van der Waals surface area (Å²) < 4.78 is 7.04. The lowest BCUT2D eigenvalue weighted by molar-refractivity contribution is 0.267. The number of benzene rings is 1. The van der Waals surface area contributed by atoms with Crippen LogP contribution in [0, 0.1) is 12.8 Å². The van der Waals surface area contributed by atoms with Crippen molar-refractivity contribution < 1.29 is 4.74 Å². The lowest BCUT2D eigenvalue weighted by atomic mass is 10.1. The van der Waals surface area contributed by atoms with Crippen LogP contribution in [0.3, 0.4) is 0 Å². The van der Waals surface area contributed by atoms with Crippen molar-refractivity contribution in [2.45, 2.75) is 27.3 Å². The van der Waals surface area contributed by atoms with Gasteiger partial charge in [0.05, 0.1) is 24.9 Å². The highest BCUT2D eigenvalue weighted by molar-refractivity contribution is 7.17. The minimum absolute atomic E-state index is 0.127. The van der Waals surface area contributed by atoms with E-state index < -0.39 is 0 Å². The molecular weight excluding hydrogens is 398 g/mol. The molecule has 1 aromatic carbocycles. The van der Waals surface area contributed by atoms with E-state index in [0.717, 1.165) is 11.1 Å². The van der Waals surface area contributed by atoms with E-state index in [4.69, 9.17) is 4.74 Å². The van der Waals surface area contributed by atoms with Crippen molar-refractivity contribution in [3.05, 3.63) is 80.1 Å². The summed E-state index contributed by atoms with van der Waals surface area (Å²) in [6, 6.07) is 9.56. The van der Waals surface area contributed by atoms with Gasteiger partial charge in [-0.2, -0.15) is 0 Å². The average molecular weight is 422 g/mol. The van der Waals surface area contributed by atoms with Crippen LogP contribution in [0.1, 0.15) is 25.1 Å². The number of hydrogen-bond donors (Lipinski definition) is 1. The molecule has 30 heavy (non-hydrogen) atoms. The monoisotopic (exact) mass is 421 g/mol. The van der Waals surface area contributed by atoms with E-state index in [1.807, 2.05) is 50.4 Å². The molecule has 0 saturated carbocycles. The molecule has 0 spiro atoms. The predicted octanol–water partition coefficient (Wildman–Crippen LogP) is 4.20. The van der Waals surface area contributed by atoms with Gasteiger partial charge in [-0.3, -0.25) is 14.2 Å². The summed E-state index contributed by atoms with van der Waals surface area (Å²) in [6.45, 7) is 6.78. The Morgan fingerprint density at radius 2 is 1.97 bits per heavy atom. The van der Waals surface area contributed by atoms with Gasteiger partial charge >= 0.3 is 0 Å². The minimum atomic E-state index is -0.206. The van der Waals surface area contributed by atoms with Gasteiger partial charge < -0.3 is 9.72 Å². The van der Waals surface area contributed by atoms with Gasteiger partial charge in [0.2, 0.25) is 5.43 Å². The maximum absolute atomic E-state index is 13.2. The number of pyridine rings is 1. The van der Waals surface area contributed by atoms with Crippen molar-refractivity contribution >= 4 is 21.6 Å². The second kappa shape index (κ2) is 8.28. The van der Waals surface area contributed by atoms with Gasteiger partial charge in [-0.25, -0.2) is 4.98 Å². The van der Waals surface area contributed by atoms with Crippen LogP contribution in [0.4, 0.5) is 0 Å². The van der Waals surface area contributed by atoms with Crippen molar-refractivity contribution in [1.29, 1.82) is 0 Å². The quantitative estimate of drug-likeness (QED) is 0.506. The Morgan fingerprint density at radius 3 is 2.67 bits per heavy atom. The number of aromatic amines is 1. The largest absolute Gasteiger partial charge is 0.488 e. The zero-order valence-corrected chi connectivity index (χ0v) is 18.0. The zero-order valence-electron chi connectivity index (χ0n) is 17.1. The second-order valence-corrected chi connectivity index (χ2v) is 8.62. The van der Waals surface area contributed by atoms with E-state index in [9.17, 15) is 9.59 Å². The van der Waals surface area contributed by atoms with Crippen molar-refractivity contribution in [3.63, 3.8) is 0 Å². The molecule has 1 N–H and O–H groups in total. The smallest absolute Gasteiger partial charge is 0.263 e. The van der Waals surface area contributed by atoms with Gasteiger partial charge in [-0.05, 0) is 18.4 Å². The summed E-state index contributed by atoms with van der Waals surface area (Å²) in [5, 5.41) is 2.57. The van der Waals surface area contributed by atoms with Crippen LogP contribution in [0.15, 0.2) is 57.8 Å². The lowest BCUT2D eigenvalue weighted by Gasteiger charge is -2.10. The van der Waals surface area contributed by atoms with E-state index in [1.54, 1.807) is 6.20 Å². The molecule has 3 aromatic heterocycles. The first-order valence-electron chi connectivity index (χ1n) is 9.80. The Labute approximate surface area is 177 Å². The highest BCUT2D eigenvalue weighted by atomic mass is 32.1. The number of aromatic nitrogens is 3. The lowest BCUT2D eigenvalue weighted by Crippen LogP contribution is -2.22. The summed E-state index contributed by atoms with van der Waals surface area (Å²) in [6.07, 6.45) is 3.08. The van der Waals surface area contributed by atoms with E-state index in [1.165, 1.54) is 33.9 Å². The van der Waals surface area contributed by atoms with E-state index in [0.29, 0.717) is 28.4 Å². The summed E-state index contributed by atoms with van der Waals surface area (Å²) in [5.41, 5.74) is 3.32. The molecule has 0 atom stereocenters. The third-order valence-electron chi connectivity index (χ3n) is 4.77. The molecule has 0 radical (unpaired) electrons. The Bertz CT molecular complexity index is 1300. The number of fused-ring (bicyclic) bond motifs is 1. The molecule has 0 bridgehead atoms. The summed E-state index contributed by atoms with van der Waals surface area (Å²) in [5.74, 6) is 0.613. The number of aryl methyl sites for hydroxylation is 1. The predicted molar refractivity (Wildman–Crippen MR) is 121 cm³/mol. The number of ether oxygens (including phenoxy) is 1. The number of rotatable bonds is 6. The van der Waals surface area contributed by atoms with Gasteiger partial charge in [0.25, 0.3) is 5.56 Å². The van der Waals surface area contributed by atoms with Crippen molar-refractivity contribution in [2.24, 2.45) is 5.92 Å². The Balaban J connectivity index is 1.67. The minimum Gasteiger partial charge on any atom is -0.488 e. The number of nitrogens with one attached hydrogen (secondary N) is 1. The fourth-order valence-electron chi connectivity index (χ4n) is 3.17. The fraction of sp³-hybridized carbons (Fsp3) is 0.261. The molecule has 3 heterocycles. The Morgan fingerprint density at radius 1 is 1.20 bits per heavy atom. The van der Waals surface area contributed by atoms with Gasteiger partial charge in [-0.15, -0.1) is 11.3 Å². The van der Waals surface area contributed by atoms with Crippen LogP contribution in [0.2, 0.25) is 0 Å². The maximum Gasteiger partial charge on any atom is 0.263 e. The van der Waals surface area contributed by atoms with Crippen LogP contribution in [-0.4, -0.2) is 21.1 Å². The first-order valence-corrected chi connectivity index (χ1v) is 10.7. The molecular formula is C23H23N3O3S. The molecule has 4 aromatic rings. The number of thiophene rings is 1. The normalized spacial score (nSPS) is 11.3. The van der Waals surface area contributed by atoms with Gasteiger partial charge in [-0.1, -0.05) is 43.7 Å². The molecule has 0 saturated heterocycles. The second-order valence-electron chi connectivity index (χ2n) is 7.76. The van der Waals surface area contributed by atoms with Crippen molar-refractivity contribution in [2.75, 3.05) is 6.61 Å². The Kier molecular flexibility index (Phi) is 5.55. The van der Waals surface area contributed by atoms with Crippen LogP contribution in [0.25, 0.3) is 21.3 Å². The molecule has 6 nitrogen and oxygen atoms in total. The average Bonchev–Trinajstić information content (AvgIpc) is 3.15. The molecule has 154 valence electrons. The molecule has 0 aliphatic rings. The number of hydrogen-bond acceptors (Lipinski definition) is 5. The molecule has 0 amide bonds. The van der Waals surface area contributed by atoms with Crippen LogP contribution >= 0.6 is 11.3 Å². The zero-order chi connectivity index (χ0) is 21.3. The van der Waals surface area contributed by atoms with E-state index in [-0.39, 0.29) is 23.3 Å². The van der Waals surface area contributed by atoms with Gasteiger partial charge in [0, 0.05) is 28.9 Å². The van der Waals surface area contributed by atoms with Crippen molar-refractivity contribution in [3.8, 4) is 16.9 Å². The fourth-order valence-corrected chi connectivity index (χ4v) is 4.08. The third kappa shape index (κ3) is 4.07. The van der Waals surface area contributed by atoms with E-state index in [2.05, 4.69) is 9.97 Å². The molecule has 0 aliphatic heterocycles. The number of H-pyrrole nitrogens is 1. The maximum atomic E-state index is 13.2. The van der Waals surface area contributed by atoms with Crippen LogP contribution in [-0.2, 0) is 6.54 Å². The third-order valence-corrected chi connectivity index (χ3v) is 5.66. The molecule has 0 unspecified atom stereocenters. The summed E-state index contributed by atoms with van der Waals surface area (Å²) >= 11 is 1.46. The van der Waals surface area contributed by atoms with Gasteiger partial charge in [0.1, 0.15) is 4.83 Å². The summed E-state index contributed by atoms with van der Waals surface area (Å²) in [7, 11) is 0. The number of nitrogens with zero attached hydrogens (tertiary/aromatic N) is 2. The molecule has 4 rings (SSSR count). The van der Waals surface area contributed by atoms with Crippen LogP contribution in [0.5, 0.6) is 5.75 Å². The SMILES string of the molecule is Cc1ccc(-c2csc3ncn(Cc4cc(=O)c(OCC(C)C)c[nH]4)c(=O)c23)cc1. The van der Waals surface area contributed by atoms with Gasteiger partial charge in [0.15, 0.2) is 5.75 Å². The molecule has 0 aliphatic carbocycles.